The predicted octanol–water partition coefficient (Wildman–Crippen LogP) is 5.82. The van der Waals surface area contributed by atoms with Crippen LogP contribution in [0.4, 0.5) is 0 Å². The monoisotopic (exact) mass is 542 g/mol. The Balaban J connectivity index is 1.62. The van der Waals surface area contributed by atoms with Crippen molar-refractivity contribution in [1.29, 1.82) is 0 Å². The van der Waals surface area contributed by atoms with Gasteiger partial charge in [0.2, 0.25) is 0 Å². The van der Waals surface area contributed by atoms with Crippen LogP contribution < -0.4 is 9.47 Å². The molecule has 0 bridgehead atoms. The maximum atomic E-state index is 13.4. The summed E-state index contributed by atoms with van der Waals surface area (Å²) in [5.74, 6) is -0.124. The standard InChI is InChI=1S/C33H38N2O5/c1-4-34(5-2)21-10-22-35-30(25-13-17-27(18-14-25)39-6-3)29(32(37)33(35)38)31(36)26-15-19-28(20-16-26)40-23-24-11-8-7-9-12-24/h7-9,11-20,30,36H,4-6,10,21-23H2,1-3H3. The van der Waals surface area contributed by atoms with E-state index in [4.69, 9.17) is 9.47 Å². The van der Waals surface area contributed by atoms with Gasteiger partial charge in [-0.25, -0.2) is 0 Å². The number of likely N-dealkylation sites (tertiary alicyclic amines) is 1. The van der Waals surface area contributed by atoms with E-state index < -0.39 is 17.7 Å². The van der Waals surface area contributed by atoms with Gasteiger partial charge in [0.15, 0.2) is 0 Å². The summed E-state index contributed by atoms with van der Waals surface area (Å²) in [4.78, 5) is 30.5. The van der Waals surface area contributed by atoms with Crippen molar-refractivity contribution in [2.75, 3.05) is 32.8 Å². The van der Waals surface area contributed by atoms with Gasteiger partial charge in [0.25, 0.3) is 11.7 Å². The van der Waals surface area contributed by atoms with E-state index in [0.29, 0.717) is 36.8 Å². The molecule has 0 spiro atoms. The molecule has 1 atom stereocenters. The summed E-state index contributed by atoms with van der Waals surface area (Å²) in [6, 6.07) is 23.4. The molecule has 7 nitrogen and oxygen atoms in total. The highest BCUT2D eigenvalue weighted by atomic mass is 16.5. The Morgan fingerprint density at radius 1 is 0.850 bits per heavy atom. The number of amides is 1. The van der Waals surface area contributed by atoms with Crippen LogP contribution in [-0.2, 0) is 16.2 Å². The summed E-state index contributed by atoms with van der Waals surface area (Å²) in [6.07, 6.45) is 0.718. The minimum absolute atomic E-state index is 0.0925. The Morgan fingerprint density at radius 2 is 1.48 bits per heavy atom. The molecule has 0 saturated carbocycles. The van der Waals surface area contributed by atoms with Crippen LogP contribution in [0.15, 0.2) is 84.4 Å². The zero-order valence-corrected chi connectivity index (χ0v) is 23.5. The Hall–Kier alpha value is -4.10. The molecule has 40 heavy (non-hydrogen) atoms. The minimum atomic E-state index is -0.693. The maximum absolute atomic E-state index is 13.4. The number of carbonyl (C=O) groups excluding carboxylic acids is 2. The van der Waals surface area contributed by atoms with Crippen molar-refractivity contribution < 1.29 is 24.2 Å². The predicted molar refractivity (Wildman–Crippen MR) is 156 cm³/mol. The molecule has 0 aliphatic carbocycles. The Labute approximate surface area is 236 Å². The smallest absolute Gasteiger partial charge is 0.295 e. The molecule has 1 amide bonds. The first-order chi connectivity index (χ1) is 19.5. The van der Waals surface area contributed by atoms with Gasteiger partial charge in [-0.3, -0.25) is 9.59 Å². The first kappa shape index (κ1) is 28.9. The summed E-state index contributed by atoms with van der Waals surface area (Å²) in [5, 5.41) is 11.4. The van der Waals surface area contributed by atoms with Gasteiger partial charge < -0.3 is 24.4 Å². The first-order valence-corrected chi connectivity index (χ1v) is 14.0. The third-order valence-electron chi connectivity index (χ3n) is 7.19. The number of aliphatic hydroxyl groups is 1. The topological polar surface area (TPSA) is 79.3 Å². The highest BCUT2D eigenvalue weighted by molar-refractivity contribution is 6.46. The number of ketones is 1. The Kier molecular flexibility index (Phi) is 9.97. The normalized spacial score (nSPS) is 16.5. The molecule has 1 heterocycles. The van der Waals surface area contributed by atoms with Gasteiger partial charge in [-0.15, -0.1) is 0 Å². The first-order valence-electron chi connectivity index (χ1n) is 14.0. The van der Waals surface area contributed by atoms with E-state index in [0.717, 1.165) is 37.2 Å². The number of ether oxygens (including phenoxy) is 2. The summed E-state index contributed by atoms with van der Waals surface area (Å²) < 4.78 is 11.5. The molecule has 0 radical (unpaired) electrons. The van der Waals surface area contributed by atoms with Crippen LogP contribution in [0.25, 0.3) is 5.76 Å². The van der Waals surface area contributed by atoms with Crippen LogP contribution in [0.1, 0.15) is 49.9 Å². The van der Waals surface area contributed by atoms with E-state index in [1.54, 1.807) is 29.2 Å². The number of carbonyl (C=O) groups is 2. The lowest BCUT2D eigenvalue weighted by Crippen LogP contribution is -2.33. The van der Waals surface area contributed by atoms with Crippen LogP contribution in [0.3, 0.4) is 0 Å². The molecule has 1 aliphatic heterocycles. The molecule has 7 heteroatoms. The minimum Gasteiger partial charge on any atom is -0.507 e. The number of benzene rings is 3. The molecule has 1 N–H and O–H groups in total. The second-order valence-electron chi connectivity index (χ2n) is 9.67. The third-order valence-corrected chi connectivity index (χ3v) is 7.19. The number of aliphatic hydroxyl groups excluding tert-OH is 1. The Bertz CT molecular complexity index is 1300. The van der Waals surface area contributed by atoms with Gasteiger partial charge in [0.05, 0.1) is 18.2 Å². The summed E-state index contributed by atoms with van der Waals surface area (Å²) in [5.41, 5.74) is 2.33. The number of nitrogens with zero attached hydrogens (tertiary/aromatic N) is 2. The lowest BCUT2D eigenvalue weighted by Gasteiger charge is -2.27. The van der Waals surface area contributed by atoms with Crippen molar-refractivity contribution in [3.63, 3.8) is 0 Å². The fraction of sp³-hybridized carbons (Fsp3) is 0.333. The molecule has 4 rings (SSSR count). The van der Waals surface area contributed by atoms with E-state index in [1.807, 2.05) is 61.5 Å². The number of rotatable bonds is 13. The fourth-order valence-electron chi connectivity index (χ4n) is 4.98. The maximum Gasteiger partial charge on any atom is 0.295 e. The van der Waals surface area contributed by atoms with Gasteiger partial charge in [0, 0.05) is 12.1 Å². The van der Waals surface area contributed by atoms with E-state index in [1.165, 1.54) is 0 Å². The van der Waals surface area contributed by atoms with E-state index in [9.17, 15) is 14.7 Å². The fourth-order valence-corrected chi connectivity index (χ4v) is 4.98. The van der Waals surface area contributed by atoms with Gasteiger partial charge in [0.1, 0.15) is 23.9 Å². The van der Waals surface area contributed by atoms with Crippen LogP contribution in [0, 0.1) is 0 Å². The quantitative estimate of drug-likeness (QED) is 0.167. The molecule has 210 valence electrons. The van der Waals surface area contributed by atoms with Crippen LogP contribution in [0.2, 0.25) is 0 Å². The lowest BCUT2D eigenvalue weighted by molar-refractivity contribution is -0.140. The molecule has 1 unspecified atom stereocenters. The number of hydrogen-bond donors (Lipinski definition) is 1. The van der Waals surface area contributed by atoms with Crippen molar-refractivity contribution in [2.45, 2.75) is 39.8 Å². The second-order valence-corrected chi connectivity index (χ2v) is 9.67. The summed E-state index contributed by atoms with van der Waals surface area (Å²) >= 11 is 0. The molecule has 1 saturated heterocycles. The molecule has 1 fully saturated rings. The van der Waals surface area contributed by atoms with Crippen molar-refractivity contribution in [3.05, 3.63) is 101 Å². The molecule has 3 aromatic rings. The zero-order chi connectivity index (χ0) is 28.5. The summed E-state index contributed by atoms with van der Waals surface area (Å²) in [7, 11) is 0. The number of hydrogen-bond acceptors (Lipinski definition) is 6. The van der Waals surface area contributed by atoms with E-state index in [2.05, 4.69) is 18.7 Å². The molecule has 1 aliphatic rings. The van der Waals surface area contributed by atoms with Crippen LogP contribution in [-0.4, -0.2) is 59.4 Å². The van der Waals surface area contributed by atoms with Crippen molar-refractivity contribution >= 4 is 17.4 Å². The molecular formula is C33H38N2O5. The van der Waals surface area contributed by atoms with Gasteiger partial charge in [-0.05, 0) is 80.5 Å². The van der Waals surface area contributed by atoms with Crippen molar-refractivity contribution in [3.8, 4) is 11.5 Å². The Morgan fingerprint density at radius 3 is 2.10 bits per heavy atom. The van der Waals surface area contributed by atoms with E-state index >= 15 is 0 Å². The average molecular weight is 543 g/mol. The van der Waals surface area contributed by atoms with Gasteiger partial charge in [-0.2, -0.15) is 0 Å². The SMILES string of the molecule is CCOc1ccc(C2C(=C(O)c3ccc(OCc4ccccc4)cc3)C(=O)C(=O)N2CCCN(CC)CC)cc1. The zero-order valence-electron chi connectivity index (χ0n) is 23.5. The van der Waals surface area contributed by atoms with E-state index in [-0.39, 0.29) is 11.3 Å². The third kappa shape index (κ3) is 6.72. The molecule has 3 aromatic carbocycles. The average Bonchev–Trinajstić information content (AvgIpc) is 3.24. The highest BCUT2D eigenvalue weighted by Crippen LogP contribution is 2.40. The van der Waals surface area contributed by atoms with Crippen LogP contribution >= 0.6 is 0 Å². The molecular weight excluding hydrogens is 504 g/mol. The van der Waals surface area contributed by atoms with Gasteiger partial charge >= 0.3 is 0 Å². The highest BCUT2D eigenvalue weighted by Gasteiger charge is 2.45. The van der Waals surface area contributed by atoms with Gasteiger partial charge in [-0.1, -0.05) is 56.3 Å². The van der Waals surface area contributed by atoms with Crippen molar-refractivity contribution in [2.24, 2.45) is 0 Å². The van der Waals surface area contributed by atoms with Crippen molar-refractivity contribution in [1.82, 2.24) is 9.80 Å². The number of Topliss-reactive ketones (excluding diaryl/α,β-unsaturated/α-hetero) is 1. The van der Waals surface area contributed by atoms with Crippen LogP contribution in [0.5, 0.6) is 11.5 Å². The lowest BCUT2D eigenvalue weighted by atomic mass is 9.95. The largest absolute Gasteiger partial charge is 0.507 e. The second kappa shape index (κ2) is 13.8. The summed E-state index contributed by atoms with van der Waals surface area (Å²) in [6.45, 7) is 10.1. The molecule has 0 aromatic heterocycles.